The van der Waals surface area contributed by atoms with Crippen LogP contribution in [0.5, 0.6) is 5.75 Å². The van der Waals surface area contributed by atoms with E-state index >= 15 is 0 Å². The summed E-state index contributed by atoms with van der Waals surface area (Å²) in [7, 11) is 0. The smallest absolute Gasteiger partial charge is 0.257 e. The van der Waals surface area contributed by atoms with E-state index in [0.29, 0.717) is 25.3 Å². The van der Waals surface area contributed by atoms with Crippen LogP contribution in [0.25, 0.3) is 0 Å². The Balaban J connectivity index is 2.54. The average Bonchev–Trinajstić information content (AvgIpc) is 2.44. The second kappa shape index (κ2) is 8.88. The van der Waals surface area contributed by atoms with Crippen LogP contribution in [0.15, 0.2) is 12.1 Å². The number of amides is 1. The van der Waals surface area contributed by atoms with Crippen LogP contribution in [-0.4, -0.2) is 30.6 Å². The summed E-state index contributed by atoms with van der Waals surface area (Å²) in [5.41, 5.74) is 1.69. The fourth-order valence-electron chi connectivity index (χ4n) is 1.55. The molecule has 0 unspecified atom stereocenters. The van der Waals surface area contributed by atoms with E-state index in [1.54, 1.807) is 0 Å². The third-order valence-electron chi connectivity index (χ3n) is 2.53. The van der Waals surface area contributed by atoms with Gasteiger partial charge in [-0.15, -0.1) is 0 Å². The molecule has 20 heavy (non-hydrogen) atoms. The number of carbonyl (C=O) groups is 1. The molecule has 1 rings (SSSR count). The summed E-state index contributed by atoms with van der Waals surface area (Å²) in [6, 6.07) is 5.62. The molecule has 0 spiro atoms. The molecule has 0 aliphatic rings. The summed E-state index contributed by atoms with van der Waals surface area (Å²) in [4.78, 5) is 15.9. The molecule has 0 atom stereocenters. The molecule has 2 N–H and O–H groups in total. The highest BCUT2D eigenvalue weighted by atomic mass is 16.5. The molecule has 1 aromatic rings. The topological polar surface area (TPSA) is 87.0 Å². The van der Waals surface area contributed by atoms with Gasteiger partial charge in [-0.1, -0.05) is 6.92 Å². The van der Waals surface area contributed by atoms with E-state index in [4.69, 9.17) is 10.00 Å². The third-order valence-corrected chi connectivity index (χ3v) is 2.53. The van der Waals surface area contributed by atoms with Crippen LogP contribution in [0.1, 0.15) is 24.7 Å². The van der Waals surface area contributed by atoms with Crippen molar-refractivity contribution in [2.45, 2.75) is 26.8 Å². The SMILES string of the molecule is CCNCc1nc(C)ccc1OCC(=O)NCCC#N. The minimum absolute atomic E-state index is 0.0741. The van der Waals surface area contributed by atoms with E-state index in [1.165, 1.54) is 0 Å². The van der Waals surface area contributed by atoms with E-state index < -0.39 is 0 Å². The zero-order chi connectivity index (χ0) is 14.8. The van der Waals surface area contributed by atoms with Crippen LogP contribution < -0.4 is 15.4 Å². The Morgan fingerprint density at radius 1 is 1.50 bits per heavy atom. The van der Waals surface area contributed by atoms with Crippen LogP contribution in [0.3, 0.4) is 0 Å². The Morgan fingerprint density at radius 3 is 3.00 bits per heavy atom. The summed E-state index contributed by atoms with van der Waals surface area (Å²) < 4.78 is 5.48. The first-order valence-electron chi connectivity index (χ1n) is 6.61. The highest BCUT2D eigenvalue weighted by molar-refractivity contribution is 5.77. The number of nitrogens with one attached hydrogen (secondary N) is 2. The first-order chi connectivity index (χ1) is 9.67. The number of nitrogens with zero attached hydrogens (tertiary/aromatic N) is 2. The molecule has 0 saturated carbocycles. The average molecular weight is 276 g/mol. The van der Waals surface area contributed by atoms with Crippen LogP contribution in [0, 0.1) is 18.3 Å². The van der Waals surface area contributed by atoms with Crippen molar-refractivity contribution >= 4 is 5.91 Å². The van der Waals surface area contributed by atoms with Gasteiger partial charge in [0.1, 0.15) is 5.75 Å². The zero-order valence-corrected chi connectivity index (χ0v) is 11.9. The van der Waals surface area contributed by atoms with Crippen LogP contribution in [-0.2, 0) is 11.3 Å². The minimum Gasteiger partial charge on any atom is -0.482 e. The molecular formula is C14H20N4O2. The number of aryl methyl sites for hydroxylation is 1. The van der Waals surface area contributed by atoms with Crippen molar-refractivity contribution in [3.8, 4) is 11.8 Å². The van der Waals surface area contributed by atoms with E-state index in [1.807, 2.05) is 32.0 Å². The van der Waals surface area contributed by atoms with Crippen molar-refractivity contribution in [3.63, 3.8) is 0 Å². The number of nitriles is 1. The number of ether oxygens (including phenoxy) is 1. The molecule has 6 heteroatoms. The fourth-order valence-corrected chi connectivity index (χ4v) is 1.55. The summed E-state index contributed by atoms with van der Waals surface area (Å²) >= 11 is 0. The maximum Gasteiger partial charge on any atom is 0.257 e. The van der Waals surface area contributed by atoms with Crippen molar-refractivity contribution in [1.29, 1.82) is 5.26 Å². The molecule has 0 aliphatic heterocycles. The number of carbonyl (C=O) groups excluding carboxylic acids is 1. The van der Waals surface area contributed by atoms with Gasteiger partial charge in [-0.05, 0) is 25.6 Å². The fraction of sp³-hybridized carbons (Fsp3) is 0.500. The number of hydrogen-bond donors (Lipinski definition) is 2. The van der Waals surface area contributed by atoms with E-state index in [2.05, 4.69) is 15.6 Å². The molecule has 0 saturated heterocycles. The van der Waals surface area contributed by atoms with Gasteiger partial charge in [0.2, 0.25) is 0 Å². The van der Waals surface area contributed by atoms with Gasteiger partial charge in [-0.2, -0.15) is 5.26 Å². The number of pyridine rings is 1. The standard InChI is InChI=1S/C14H20N4O2/c1-3-16-9-12-13(6-5-11(2)18-12)20-10-14(19)17-8-4-7-15/h5-6,16H,3-4,8-10H2,1-2H3,(H,17,19). The van der Waals surface area contributed by atoms with Gasteiger partial charge in [0.25, 0.3) is 5.91 Å². The molecule has 1 heterocycles. The normalized spacial score (nSPS) is 9.85. The Kier molecular flexibility index (Phi) is 7.07. The van der Waals surface area contributed by atoms with Gasteiger partial charge in [0, 0.05) is 18.8 Å². The number of aromatic nitrogens is 1. The lowest BCUT2D eigenvalue weighted by molar-refractivity contribution is -0.123. The molecule has 0 aliphatic carbocycles. The predicted molar refractivity (Wildman–Crippen MR) is 75.1 cm³/mol. The maximum atomic E-state index is 11.5. The lowest BCUT2D eigenvalue weighted by atomic mass is 10.3. The van der Waals surface area contributed by atoms with Crippen molar-refractivity contribution < 1.29 is 9.53 Å². The molecule has 1 aromatic heterocycles. The summed E-state index contributed by atoms with van der Waals surface area (Å²) in [5.74, 6) is 0.363. The van der Waals surface area contributed by atoms with Crippen LogP contribution in [0.4, 0.5) is 0 Å². The maximum absolute atomic E-state index is 11.5. The Morgan fingerprint density at radius 2 is 2.30 bits per heavy atom. The first kappa shape index (κ1) is 15.9. The van der Waals surface area contributed by atoms with Crippen molar-refractivity contribution in [3.05, 3.63) is 23.5 Å². The summed E-state index contributed by atoms with van der Waals surface area (Å²) in [6.45, 7) is 5.63. The molecule has 0 bridgehead atoms. The first-order valence-corrected chi connectivity index (χ1v) is 6.61. The van der Waals surface area contributed by atoms with Crippen molar-refractivity contribution in [2.75, 3.05) is 19.7 Å². The molecule has 0 radical (unpaired) electrons. The number of rotatable bonds is 8. The summed E-state index contributed by atoms with van der Waals surface area (Å²) in [5, 5.41) is 14.2. The highest BCUT2D eigenvalue weighted by Crippen LogP contribution is 2.16. The van der Waals surface area contributed by atoms with Crippen LogP contribution in [0.2, 0.25) is 0 Å². The quantitative estimate of drug-likeness (QED) is 0.689. The predicted octanol–water partition coefficient (Wildman–Crippen LogP) is 0.908. The zero-order valence-electron chi connectivity index (χ0n) is 11.9. The third kappa shape index (κ3) is 5.67. The lowest BCUT2D eigenvalue weighted by Crippen LogP contribution is -2.29. The molecule has 0 aromatic carbocycles. The summed E-state index contributed by atoms with van der Waals surface area (Å²) in [6.07, 6.45) is 0.295. The highest BCUT2D eigenvalue weighted by Gasteiger charge is 2.08. The van der Waals surface area contributed by atoms with E-state index in [-0.39, 0.29) is 12.5 Å². The van der Waals surface area contributed by atoms with Gasteiger partial charge in [0.15, 0.2) is 6.61 Å². The van der Waals surface area contributed by atoms with Crippen LogP contribution >= 0.6 is 0 Å². The second-order valence-electron chi connectivity index (χ2n) is 4.22. The molecule has 6 nitrogen and oxygen atoms in total. The van der Waals surface area contributed by atoms with Gasteiger partial charge < -0.3 is 15.4 Å². The van der Waals surface area contributed by atoms with E-state index in [9.17, 15) is 4.79 Å². The molecule has 1 amide bonds. The van der Waals surface area contributed by atoms with Crippen molar-refractivity contribution in [1.82, 2.24) is 15.6 Å². The number of hydrogen-bond acceptors (Lipinski definition) is 5. The largest absolute Gasteiger partial charge is 0.482 e. The van der Waals surface area contributed by atoms with Crippen molar-refractivity contribution in [2.24, 2.45) is 0 Å². The molecule has 108 valence electrons. The minimum atomic E-state index is -0.241. The van der Waals surface area contributed by atoms with Gasteiger partial charge in [0.05, 0.1) is 18.2 Å². The van der Waals surface area contributed by atoms with Gasteiger partial charge in [-0.3, -0.25) is 9.78 Å². The second-order valence-corrected chi connectivity index (χ2v) is 4.22. The molecule has 0 fully saturated rings. The Labute approximate surface area is 119 Å². The van der Waals surface area contributed by atoms with Gasteiger partial charge >= 0.3 is 0 Å². The molecular weight excluding hydrogens is 256 g/mol. The van der Waals surface area contributed by atoms with E-state index in [0.717, 1.165) is 17.9 Å². The lowest BCUT2D eigenvalue weighted by Gasteiger charge is -2.11. The Bertz CT molecular complexity index is 483. The Hall–Kier alpha value is -2.13. The monoisotopic (exact) mass is 276 g/mol. The van der Waals surface area contributed by atoms with Gasteiger partial charge in [-0.25, -0.2) is 0 Å².